The summed E-state index contributed by atoms with van der Waals surface area (Å²) in [5.41, 5.74) is 21.4. The number of benzene rings is 13. The second-order valence-corrected chi connectivity index (χ2v) is 23.8. The van der Waals surface area contributed by atoms with Crippen LogP contribution in [0.25, 0.3) is 31.3 Å². The van der Waals surface area contributed by atoms with Crippen molar-refractivity contribution in [2.24, 2.45) is 0 Å². The minimum Gasteiger partial charge on any atom is -0.457 e. The molecule has 14 aromatic rings. The largest absolute Gasteiger partial charge is 0.457 e. The molecule has 0 bridgehead atoms. The number of fused-ring (bicyclic) bond motifs is 11. The van der Waals surface area contributed by atoms with Gasteiger partial charge in [-0.15, -0.1) is 11.3 Å². The fourth-order valence-electron chi connectivity index (χ4n) is 14.3. The van der Waals surface area contributed by atoms with Crippen LogP contribution in [0.4, 0.5) is 68.2 Å². The molecule has 0 radical (unpaired) electrons. The predicted molar refractivity (Wildman–Crippen MR) is 366 cm³/mol. The first-order chi connectivity index (χ1) is 43.2. The molecular formula is C78H50B2N4O2S. The van der Waals surface area contributed by atoms with E-state index >= 15 is 0 Å². The van der Waals surface area contributed by atoms with E-state index in [1.54, 1.807) is 0 Å². The van der Waals surface area contributed by atoms with E-state index in [2.05, 4.69) is 323 Å². The van der Waals surface area contributed by atoms with Crippen molar-refractivity contribution in [1.82, 2.24) is 0 Å². The Labute approximate surface area is 509 Å². The van der Waals surface area contributed by atoms with Gasteiger partial charge >= 0.3 is 0 Å². The second kappa shape index (κ2) is 19.8. The third-order valence-electron chi connectivity index (χ3n) is 17.9. The quantitative estimate of drug-likeness (QED) is 0.134. The normalized spacial score (nSPS) is 12.9. The van der Waals surface area contributed by atoms with Gasteiger partial charge in [0.15, 0.2) is 0 Å². The molecule has 6 nitrogen and oxygen atoms in total. The van der Waals surface area contributed by atoms with E-state index in [0.29, 0.717) is 0 Å². The van der Waals surface area contributed by atoms with E-state index in [1.807, 2.05) is 11.3 Å². The maximum absolute atomic E-state index is 7.98. The lowest BCUT2D eigenvalue weighted by atomic mass is 9.30. The highest BCUT2D eigenvalue weighted by molar-refractivity contribution is 7.25. The van der Waals surface area contributed by atoms with Crippen LogP contribution >= 0.6 is 11.3 Å². The summed E-state index contributed by atoms with van der Waals surface area (Å²) in [5, 5.41) is 2.48. The van der Waals surface area contributed by atoms with Crippen LogP contribution in [0, 0.1) is 0 Å². The van der Waals surface area contributed by atoms with Crippen molar-refractivity contribution in [3.63, 3.8) is 0 Å². The number of rotatable bonds is 9. The topological polar surface area (TPSA) is 31.4 Å². The fraction of sp³-hybridized carbons (Fsp3) is 0. The minimum absolute atomic E-state index is 0.240. The Morgan fingerprint density at radius 3 is 1.15 bits per heavy atom. The molecule has 406 valence electrons. The zero-order valence-corrected chi connectivity index (χ0v) is 47.9. The van der Waals surface area contributed by atoms with Gasteiger partial charge in [0.1, 0.15) is 23.0 Å². The SMILES string of the molecule is c1ccc(N(c2ccccc2)c2cc3c4c(c2)N(c2ccccc2)c2ccccc2B4c2cc4c(c(-c5ccc6c(c5)sc5ccccc56)c2O3)Oc2cc(N(c3ccccc3)c3ccccc3)cc3c2B4c2ccccc2N3c2ccccc2)cc1. The van der Waals surface area contributed by atoms with E-state index in [-0.39, 0.29) is 13.4 Å². The van der Waals surface area contributed by atoms with Crippen molar-refractivity contribution < 1.29 is 9.47 Å². The van der Waals surface area contributed by atoms with Crippen LogP contribution in [-0.2, 0) is 0 Å². The molecule has 4 aliphatic rings. The summed E-state index contributed by atoms with van der Waals surface area (Å²) in [4.78, 5) is 9.58. The van der Waals surface area contributed by atoms with Crippen LogP contribution in [0.1, 0.15) is 0 Å². The number of ether oxygens (including phenoxy) is 2. The number of para-hydroxylation sites is 8. The summed E-state index contributed by atoms with van der Waals surface area (Å²) in [6.45, 7) is -0.479. The smallest absolute Gasteiger partial charge is 0.256 e. The Balaban J connectivity index is 0.948. The number of hydrogen-bond donors (Lipinski definition) is 0. The van der Waals surface area contributed by atoms with Crippen molar-refractivity contribution in [2.45, 2.75) is 0 Å². The van der Waals surface area contributed by atoms with Crippen LogP contribution in [0.3, 0.4) is 0 Å². The number of nitrogens with zero attached hydrogens (tertiary/aromatic N) is 4. The van der Waals surface area contributed by atoms with Gasteiger partial charge in [0.05, 0.1) is 16.9 Å². The Bertz CT molecular complexity index is 4700. The van der Waals surface area contributed by atoms with Crippen LogP contribution in [0.5, 0.6) is 23.0 Å². The Morgan fingerprint density at radius 2 is 0.690 bits per heavy atom. The molecule has 9 heteroatoms. The molecule has 0 N–H and O–H groups in total. The van der Waals surface area contributed by atoms with Gasteiger partial charge in [0, 0.05) is 89.2 Å². The summed E-state index contributed by atoms with van der Waals surface area (Å²) >= 11 is 1.83. The van der Waals surface area contributed by atoms with Crippen molar-refractivity contribution >= 4 is 146 Å². The van der Waals surface area contributed by atoms with Crippen molar-refractivity contribution in [2.75, 3.05) is 19.6 Å². The number of thiophene rings is 1. The molecule has 0 aliphatic carbocycles. The molecule has 0 saturated heterocycles. The van der Waals surface area contributed by atoms with Gasteiger partial charge < -0.3 is 29.1 Å². The van der Waals surface area contributed by atoms with Gasteiger partial charge in [-0.1, -0.05) is 182 Å². The van der Waals surface area contributed by atoms with Gasteiger partial charge in [-0.05, 0) is 148 Å². The lowest BCUT2D eigenvalue weighted by molar-refractivity contribution is 0.469. The van der Waals surface area contributed by atoms with Gasteiger partial charge in [-0.2, -0.15) is 0 Å². The van der Waals surface area contributed by atoms with Crippen LogP contribution in [-0.4, -0.2) is 13.4 Å². The van der Waals surface area contributed by atoms with Crippen LogP contribution in [0.2, 0.25) is 0 Å². The van der Waals surface area contributed by atoms with Crippen molar-refractivity contribution in [3.05, 3.63) is 303 Å². The standard InChI is InChI=1S/C78H50B2N4O2S/c1-7-25-52(26-8-1)81(53-27-9-2-10-28-53)58-46-68-75-70(48-58)85-77-64(79(75)62-38-20-22-40-66(62)83(68)56-33-15-5-16-34-56)50-65-78(74(77)51-43-44-61-60-37-19-24-42-72(60)87-73(61)45-51)86-71-49-59(82(54-29-11-3-12-30-54)55-31-13-4-14-32-55)47-69-76(71)80(65)63-39-21-23-41-67(63)84(69)57-35-17-6-18-36-57/h1-50H. The molecule has 0 spiro atoms. The average Bonchev–Trinajstić information content (AvgIpc) is 1.00. The summed E-state index contributed by atoms with van der Waals surface area (Å²) in [5.74, 6) is 3.16. The lowest BCUT2D eigenvalue weighted by Gasteiger charge is -2.43. The molecule has 4 aliphatic heterocycles. The maximum atomic E-state index is 7.98. The molecule has 0 saturated carbocycles. The molecule has 18 rings (SSSR count). The van der Waals surface area contributed by atoms with E-state index in [4.69, 9.17) is 9.47 Å². The summed E-state index contributed by atoms with van der Waals surface area (Å²) < 4.78 is 18.4. The van der Waals surface area contributed by atoms with E-state index in [1.165, 1.54) is 31.1 Å². The molecule has 0 amide bonds. The predicted octanol–water partition coefficient (Wildman–Crippen LogP) is 17.5. The molecule has 1 aromatic heterocycles. The average molecular weight is 1130 g/mol. The Kier molecular flexibility index (Phi) is 11.3. The van der Waals surface area contributed by atoms with Crippen LogP contribution in [0.15, 0.2) is 303 Å². The first kappa shape index (κ1) is 49.4. The third-order valence-corrected chi connectivity index (χ3v) is 19.0. The zero-order valence-electron chi connectivity index (χ0n) is 47.0. The van der Waals surface area contributed by atoms with Gasteiger partial charge in [-0.25, -0.2) is 0 Å². The Morgan fingerprint density at radius 1 is 0.299 bits per heavy atom. The zero-order chi connectivity index (χ0) is 57.1. The second-order valence-electron chi connectivity index (χ2n) is 22.7. The maximum Gasteiger partial charge on any atom is 0.256 e. The fourth-order valence-corrected chi connectivity index (χ4v) is 15.4. The van der Waals surface area contributed by atoms with Gasteiger partial charge in [-0.3, -0.25) is 0 Å². The Hall–Kier alpha value is -11.0. The molecule has 0 unspecified atom stereocenters. The third kappa shape index (κ3) is 7.76. The van der Waals surface area contributed by atoms with Crippen molar-refractivity contribution in [3.8, 4) is 34.1 Å². The number of anilines is 12. The molecule has 0 fully saturated rings. The lowest BCUT2D eigenvalue weighted by Crippen LogP contribution is -2.63. The molecule has 87 heavy (non-hydrogen) atoms. The highest BCUT2D eigenvalue weighted by atomic mass is 32.1. The first-order valence-electron chi connectivity index (χ1n) is 29.7. The molecule has 0 atom stereocenters. The van der Waals surface area contributed by atoms with Crippen molar-refractivity contribution in [1.29, 1.82) is 0 Å². The molecule has 5 heterocycles. The van der Waals surface area contributed by atoms with Gasteiger partial charge in [0.2, 0.25) is 0 Å². The van der Waals surface area contributed by atoms with E-state index in [9.17, 15) is 0 Å². The number of hydrogen-bond acceptors (Lipinski definition) is 7. The monoisotopic (exact) mass is 1130 g/mol. The summed E-state index contributed by atoms with van der Waals surface area (Å²) in [6.07, 6.45) is 0. The summed E-state index contributed by atoms with van der Waals surface area (Å²) in [6, 6.07) is 110. The highest BCUT2D eigenvalue weighted by Crippen LogP contribution is 2.53. The summed E-state index contributed by atoms with van der Waals surface area (Å²) in [7, 11) is 0. The van der Waals surface area contributed by atoms with E-state index in [0.717, 1.165) is 124 Å². The molecular weight excluding hydrogens is 1080 g/mol. The first-order valence-corrected chi connectivity index (χ1v) is 30.5. The van der Waals surface area contributed by atoms with E-state index < -0.39 is 0 Å². The molecule has 13 aromatic carbocycles. The highest BCUT2D eigenvalue weighted by Gasteiger charge is 2.49. The van der Waals surface area contributed by atoms with Gasteiger partial charge in [0.25, 0.3) is 13.4 Å². The van der Waals surface area contributed by atoms with Crippen LogP contribution < -0.4 is 61.9 Å². The minimum atomic E-state index is -0.240.